The fourth-order valence-corrected chi connectivity index (χ4v) is 4.92. The Balaban J connectivity index is -0.000000172. The van der Waals surface area contributed by atoms with Crippen LogP contribution in [0, 0.1) is 11.6 Å². The van der Waals surface area contributed by atoms with E-state index in [2.05, 4.69) is 47.6 Å². The smallest absolute Gasteiger partial charge is 0.131 e. The van der Waals surface area contributed by atoms with Gasteiger partial charge < -0.3 is 14.6 Å². The lowest BCUT2D eigenvalue weighted by Gasteiger charge is -2.24. The van der Waals surface area contributed by atoms with Gasteiger partial charge in [0, 0.05) is 39.2 Å². The lowest BCUT2D eigenvalue weighted by atomic mass is 9.81. The Morgan fingerprint density at radius 2 is 1.05 bits per heavy atom. The summed E-state index contributed by atoms with van der Waals surface area (Å²) in [6.07, 6.45) is 0. The maximum Gasteiger partial charge on any atom is 0.131 e. The minimum absolute atomic E-state index is 0. The van der Waals surface area contributed by atoms with Crippen molar-refractivity contribution in [3.63, 3.8) is 0 Å². The molecule has 1 N–H and O–H groups in total. The van der Waals surface area contributed by atoms with Crippen LogP contribution in [0.3, 0.4) is 0 Å². The molecule has 0 amide bonds. The highest BCUT2D eigenvalue weighted by Crippen LogP contribution is 2.38. The van der Waals surface area contributed by atoms with Gasteiger partial charge in [-0.15, -0.1) is 11.6 Å². The topological polar surface area (TPSA) is 38.7 Å². The van der Waals surface area contributed by atoms with Crippen molar-refractivity contribution in [2.75, 3.05) is 14.2 Å². The van der Waals surface area contributed by atoms with Gasteiger partial charge in [-0.3, -0.25) is 0 Å². The van der Waals surface area contributed by atoms with Crippen LogP contribution < -0.4 is 9.47 Å². The molecule has 240 valence electrons. The first-order chi connectivity index (χ1) is 26.7. The summed E-state index contributed by atoms with van der Waals surface area (Å²) in [5.41, 5.74) is 6.46. The van der Waals surface area contributed by atoms with Crippen molar-refractivity contribution < 1.29 is 45.6 Å². The fourth-order valence-electron chi connectivity index (χ4n) is 4.75. The molecule has 0 saturated heterocycles. The fraction of sp³-hybridized carbons (Fsp3) is 0.333. The van der Waals surface area contributed by atoms with Crippen molar-refractivity contribution in [1.29, 1.82) is 0 Å². The summed E-state index contributed by atoms with van der Waals surface area (Å²) in [6, 6.07) is 21.1. The molecule has 0 radical (unpaired) electrons. The van der Waals surface area contributed by atoms with Crippen LogP contribution in [0.1, 0.15) is 86.0 Å². The van der Waals surface area contributed by atoms with Crippen molar-refractivity contribution in [3.05, 3.63) is 107 Å². The van der Waals surface area contributed by atoms with E-state index in [9.17, 15) is 13.9 Å². The van der Waals surface area contributed by atoms with Gasteiger partial charge in [-0.25, -0.2) is 8.78 Å². The molecule has 6 heteroatoms. The second-order valence-electron chi connectivity index (χ2n) is 12.2. The quantitative estimate of drug-likeness (QED) is 0.213. The summed E-state index contributed by atoms with van der Waals surface area (Å²) in [5, 5.41) is 9.33. The van der Waals surface area contributed by atoms with Gasteiger partial charge >= 0.3 is 0 Å². The molecule has 4 aromatic rings. The second kappa shape index (κ2) is 13.7. The molecule has 0 aromatic heterocycles. The molecule has 0 fully saturated rings. The third kappa shape index (κ3) is 7.90. The maximum absolute atomic E-state index is 14.3. The summed E-state index contributed by atoms with van der Waals surface area (Å²) in [6.45, 7) is 12.5. The Hall–Kier alpha value is -3.41. The Bertz CT molecular complexity index is 1450. The predicted molar refractivity (Wildman–Crippen MR) is 187 cm³/mol. The van der Waals surface area contributed by atoms with Crippen LogP contribution in [-0.2, 0) is 23.3 Å². The average molecular weight is 641 g/mol. The predicted octanol–water partition coefficient (Wildman–Crippen LogP) is 11.8. The van der Waals surface area contributed by atoms with Crippen LogP contribution in [0.5, 0.6) is 11.5 Å². The molecular weight excluding hydrogens is 554 g/mol. The molecule has 0 unspecified atom stereocenters. The van der Waals surface area contributed by atoms with E-state index in [-0.39, 0.29) is 30.5 Å². The maximum atomic E-state index is 14.3. The number of aliphatic hydroxyl groups is 1. The molecule has 3 nitrogen and oxygen atoms in total. The lowest BCUT2D eigenvalue weighted by Crippen LogP contribution is -2.13. The van der Waals surface area contributed by atoms with E-state index >= 15 is 0 Å². The van der Waals surface area contributed by atoms with Crippen LogP contribution in [0.4, 0.5) is 8.78 Å². The first-order valence-corrected chi connectivity index (χ1v) is 14.4. The first-order valence-electron chi connectivity index (χ1n) is 20.8. The standard InChI is InChI=1S/C18H20ClFO.C18H21FO2.8H2/c1-18(2,3)16-9-12(11-19)5-7-14(16)15-10-13(21-4)6-8-17(15)20;1-18(2,3)16-9-12(11-20)5-7-14(16)15-10-13(21-4)6-8-17(15)19;;;;;;;;/h5-10H,11H2,1-4H3;5-10,20H,11H2,1-4H3;8*1H/i;;7*1+2T;1+2. The normalized spacial score (nSPS) is 12.9. The first kappa shape index (κ1) is 24.1. The van der Waals surface area contributed by atoms with Crippen molar-refractivity contribution in [1.82, 2.24) is 0 Å². The van der Waals surface area contributed by atoms with Crippen LogP contribution >= 0.6 is 11.6 Å². The van der Waals surface area contributed by atoms with Gasteiger partial charge in [-0.05, 0) is 80.6 Å². The molecule has 0 aliphatic rings. The number of benzene rings is 4. The molecule has 0 atom stereocenters. The van der Waals surface area contributed by atoms with E-state index in [0.29, 0.717) is 28.5 Å². The van der Waals surface area contributed by atoms with E-state index < -0.39 is 0 Å². The number of rotatable bonds is 6. The van der Waals surface area contributed by atoms with Gasteiger partial charge in [-0.1, -0.05) is 77.9 Å². The number of halogens is 3. The van der Waals surface area contributed by atoms with Crippen molar-refractivity contribution in [2.24, 2.45) is 0 Å². The van der Waals surface area contributed by atoms with Crippen molar-refractivity contribution in [2.45, 2.75) is 64.9 Å². The Morgan fingerprint density at radius 1 is 0.643 bits per heavy atom. The number of hydrogen-bond donors (Lipinski definition) is 1. The van der Waals surface area contributed by atoms with E-state index in [1.165, 1.54) is 12.1 Å². The molecular formula is C36H57ClF2O3. The van der Waals surface area contributed by atoms with Gasteiger partial charge in [-0.2, -0.15) is 0 Å². The number of alkyl halides is 1. The zero-order valence-corrected chi connectivity index (χ0v) is 26.5. The van der Waals surface area contributed by atoms with Crippen LogP contribution in [0.25, 0.3) is 22.3 Å². The Morgan fingerprint density at radius 3 is 1.40 bits per heavy atom. The Labute approximate surface area is 277 Å². The molecule has 0 aliphatic carbocycles. The minimum Gasteiger partial charge on any atom is -0.497 e. The van der Waals surface area contributed by atoms with Gasteiger partial charge in [0.05, 0.1) is 20.8 Å². The number of methoxy groups -OCH3 is 2. The van der Waals surface area contributed by atoms with Gasteiger partial charge in [0.1, 0.15) is 23.1 Å². The summed E-state index contributed by atoms with van der Waals surface area (Å²) >= 11 is 5.93. The molecule has 4 rings (SSSR count). The van der Waals surface area contributed by atoms with E-state index in [4.69, 9.17) is 41.9 Å². The third-order valence-corrected chi connectivity index (χ3v) is 7.36. The number of hydrogen-bond acceptors (Lipinski definition) is 3. The highest BCUT2D eigenvalue weighted by molar-refractivity contribution is 6.17. The van der Waals surface area contributed by atoms with Crippen LogP contribution in [-0.4, -0.2) is 19.3 Å². The number of ether oxygens (including phenoxy) is 2. The second-order valence-corrected chi connectivity index (χ2v) is 12.5. The van der Waals surface area contributed by atoms with Crippen LogP contribution in [0.15, 0.2) is 72.8 Å². The molecule has 0 bridgehead atoms. The SMILES string of the molecule is COc1ccc(F)c(-c2ccc(CCl)cc2C(C)(C)C)c1.COc1ccc(F)c(-c2ccc(CO)cc2C(C)(C)C)c1.[3HH].[3H][3H].[3H][3H].[3H][3H].[3H][3H].[3H][3H].[3H][3H].[3H][3H]. The number of aliphatic hydroxyl groups excluding tert-OH is 1. The van der Waals surface area contributed by atoms with Gasteiger partial charge in [0.25, 0.3) is 0 Å². The molecule has 0 heterocycles. The molecule has 0 saturated carbocycles. The van der Waals surface area contributed by atoms with Crippen LogP contribution in [0.2, 0.25) is 0 Å². The minimum atomic E-state index is -0.280. The molecule has 42 heavy (non-hydrogen) atoms. The summed E-state index contributed by atoms with van der Waals surface area (Å²) in [5.74, 6) is 1.19. The van der Waals surface area contributed by atoms with E-state index in [1.54, 1.807) is 38.5 Å². The highest BCUT2D eigenvalue weighted by Gasteiger charge is 2.22. The average Bonchev–Trinajstić information content (AvgIpc) is 3.25. The summed E-state index contributed by atoms with van der Waals surface area (Å²) in [4.78, 5) is 0. The molecule has 0 aliphatic heterocycles. The molecule has 0 spiro atoms. The molecule has 4 aromatic carbocycles. The van der Waals surface area contributed by atoms with Crippen molar-refractivity contribution in [3.8, 4) is 33.8 Å². The summed E-state index contributed by atoms with van der Waals surface area (Å²) in [7, 11) is 3.15. The van der Waals surface area contributed by atoms with Gasteiger partial charge in [0.15, 0.2) is 0 Å². The third-order valence-electron chi connectivity index (χ3n) is 7.05. The summed E-state index contributed by atoms with van der Waals surface area (Å²) < 4.78 is 109. The van der Waals surface area contributed by atoms with Gasteiger partial charge in [0.2, 0.25) is 0 Å². The largest absolute Gasteiger partial charge is 0.497 e. The monoisotopic (exact) mass is 641 g/mol. The highest BCUT2D eigenvalue weighted by atomic mass is 35.5. The Kier molecular flexibility index (Phi) is 7.86. The van der Waals surface area contributed by atoms with E-state index in [0.717, 1.165) is 33.4 Å². The van der Waals surface area contributed by atoms with E-state index in [1.807, 2.05) is 30.3 Å². The van der Waals surface area contributed by atoms with Crippen molar-refractivity contribution >= 4 is 11.6 Å². The zero-order chi connectivity index (χ0) is 45.2. The lowest BCUT2D eigenvalue weighted by molar-refractivity contribution is 0.281. The zero-order valence-electron chi connectivity index (χ0n) is 39.7.